The molecule has 1 aromatic heterocycles. The summed E-state index contributed by atoms with van der Waals surface area (Å²) in [6.45, 7) is 5.87. The summed E-state index contributed by atoms with van der Waals surface area (Å²) in [5, 5.41) is 8.21. The lowest BCUT2D eigenvalue weighted by Crippen LogP contribution is -2.07. The normalized spacial score (nSPS) is 10.7. The van der Waals surface area contributed by atoms with Gasteiger partial charge in [0.2, 0.25) is 0 Å². The van der Waals surface area contributed by atoms with E-state index in [4.69, 9.17) is 0 Å². The van der Waals surface area contributed by atoms with Crippen LogP contribution >= 0.6 is 15.9 Å². The van der Waals surface area contributed by atoms with Crippen LogP contribution in [0.2, 0.25) is 0 Å². The minimum atomic E-state index is 0.0377. The lowest BCUT2D eigenvalue weighted by molar-refractivity contribution is 0.0982. The fourth-order valence-electron chi connectivity index (χ4n) is 2.01. The van der Waals surface area contributed by atoms with Crippen LogP contribution in [0.4, 0.5) is 0 Å². The number of benzene rings is 1. The lowest BCUT2D eigenvalue weighted by atomic mass is 10.1. The zero-order chi connectivity index (χ0) is 14.0. The van der Waals surface area contributed by atoms with Crippen LogP contribution in [0.3, 0.4) is 0 Å². The molecule has 0 atom stereocenters. The third kappa shape index (κ3) is 2.61. The molecule has 0 N–H and O–H groups in total. The van der Waals surface area contributed by atoms with Crippen LogP contribution in [0.5, 0.6) is 0 Å². The highest BCUT2D eigenvalue weighted by molar-refractivity contribution is 9.10. The molecule has 1 aromatic carbocycles. The fourth-order valence-corrected chi connectivity index (χ4v) is 2.36. The van der Waals surface area contributed by atoms with Crippen molar-refractivity contribution in [2.24, 2.45) is 0 Å². The number of ketones is 1. The van der Waals surface area contributed by atoms with Gasteiger partial charge in [-0.1, -0.05) is 41.1 Å². The molecule has 2 aromatic rings. The summed E-state index contributed by atoms with van der Waals surface area (Å²) in [6, 6.07) is 5.99. The molecule has 4 nitrogen and oxygen atoms in total. The van der Waals surface area contributed by atoms with Crippen molar-refractivity contribution in [3.05, 3.63) is 39.6 Å². The predicted octanol–water partition coefficient (Wildman–Crippen LogP) is 3.49. The summed E-state index contributed by atoms with van der Waals surface area (Å²) in [5.74, 6) is 0.0377. The average molecular weight is 322 g/mol. The van der Waals surface area contributed by atoms with E-state index in [0.717, 1.165) is 27.8 Å². The van der Waals surface area contributed by atoms with Crippen LogP contribution in [0.1, 0.15) is 42.0 Å². The van der Waals surface area contributed by atoms with Crippen molar-refractivity contribution in [3.63, 3.8) is 0 Å². The Kier molecular flexibility index (Phi) is 4.14. The first-order chi connectivity index (χ1) is 9.08. The van der Waals surface area contributed by atoms with Crippen LogP contribution in [-0.2, 0) is 6.42 Å². The second-order valence-corrected chi connectivity index (χ2v) is 5.27. The van der Waals surface area contributed by atoms with Gasteiger partial charge in [0, 0.05) is 10.9 Å². The highest BCUT2D eigenvalue weighted by atomic mass is 79.9. The average Bonchev–Trinajstić information content (AvgIpc) is 2.84. The van der Waals surface area contributed by atoms with Crippen molar-refractivity contribution >= 4 is 21.7 Å². The second kappa shape index (κ2) is 5.65. The highest BCUT2D eigenvalue weighted by Crippen LogP contribution is 2.22. The lowest BCUT2D eigenvalue weighted by Gasteiger charge is -2.09. The molecule has 0 amide bonds. The number of hydrogen-bond donors (Lipinski definition) is 0. The van der Waals surface area contributed by atoms with Gasteiger partial charge in [-0.2, -0.15) is 0 Å². The van der Waals surface area contributed by atoms with Crippen LogP contribution in [0, 0.1) is 6.92 Å². The number of halogens is 1. The molecule has 0 bridgehead atoms. The SMILES string of the molecule is CCC(=O)c1nnn(-c2cc(Br)ccc2C)c1CC. The minimum absolute atomic E-state index is 0.0377. The topological polar surface area (TPSA) is 47.8 Å². The third-order valence-corrected chi connectivity index (χ3v) is 3.58. The molecule has 0 aliphatic heterocycles. The maximum atomic E-state index is 11.9. The number of aryl methyl sites for hydroxylation is 1. The zero-order valence-corrected chi connectivity index (χ0v) is 12.9. The summed E-state index contributed by atoms with van der Waals surface area (Å²) < 4.78 is 2.75. The Labute approximate surface area is 121 Å². The molecule has 1 heterocycles. The van der Waals surface area contributed by atoms with Gasteiger partial charge in [-0.15, -0.1) is 5.10 Å². The zero-order valence-electron chi connectivity index (χ0n) is 11.3. The molecule has 0 aliphatic carbocycles. The van der Waals surface area contributed by atoms with Gasteiger partial charge < -0.3 is 0 Å². The summed E-state index contributed by atoms with van der Waals surface area (Å²) >= 11 is 3.46. The van der Waals surface area contributed by atoms with Crippen LogP contribution in [-0.4, -0.2) is 20.8 Å². The first-order valence-corrected chi connectivity index (χ1v) is 7.12. The number of rotatable bonds is 4. The minimum Gasteiger partial charge on any atom is -0.292 e. The first-order valence-electron chi connectivity index (χ1n) is 6.32. The number of carbonyl (C=O) groups is 1. The molecule has 0 radical (unpaired) electrons. The standard InChI is InChI=1S/C14H16BrN3O/c1-4-11-14(13(19)5-2)16-17-18(11)12-8-10(15)7-6-9(12)3/h6-8H,4-5H2,1-3H3. The van der Waals surface area contributed by atoms with E-state index < -0.39 is 0 Å². The van der Waals surface area contributed by atoms with Crippen LogP contribution in [0.25, 0.3) is 5.69 Å². The number of nitrogens with zero attached hydrogens (tertiary/aromatic N) is 3. The third-order valence-electron chi connectivity index (χ3n) is 3.08. The summed E-state index contributed by atoms with van der Waals surface area (Å²) in [7, 11) is 0. The molecule has 5 heteroatoms. The summed E-state index contributed by atoms with van der Waals surface area (Å²) in [5.41, 5.74) is 3.41. The maximum absolute atomic E-state index is 11.9. The van der Waals surface area contributed by atoms with Crippen molar-refractivity contribution in [1.29, 1.82) is 0 Å². The molecule has 100 valence electrons. The van der Waals surface area contributed by atoms with E-state index in [9.17, 15) is 4.79 Å². The Bertz CT molecular complexity index is 619. The van der Waals surface area contributed by atoms with Gasteiger partial charge in [0.25, 0.3) is 0 Å². The maximum Gasteiger partial charge on any atom is 0.184 e. The van der Waals surface area contributed by atoms with Crippen LogP contribution in [0.15, 0.2) is 22.7 Å². The Morgan fingerprint density at radius 3 is 2.74 bits per heavy atom. The van der Waals surface area contributed by atoms with E-state index in [1.54, 1.807) is 4.68 Å². The smallest absolute Gasteiger partial charge is 0.184 e. The quantitative estimate of drug-likeness (QED) is 0.810. The number of Topliss-reactive ketones (excluding diaryl/α,β-unsaturated/α-hetero) is 1. The van der Waals surface area contributed by atoms with Gasteiger partial charge in [0.05, 0.1) is 11.4 Å². The second-order valence-electron chi connectivity index (χ2n) is 4.36. The number of hydrogen-bond acceptors (Lipinski definition) is 3. The van der Waals surface area contributed by atoms with E-state index in [1.807, 2.05) is 39.0 Å². The van der Waals surface area contributed by atoms with E-state index in [0.29, 0.717) is 12.1 Å². The van der Waals surface area contributed by atoms with Gasteiger partial charge >= 0.3 is 0 Å². The van der Waals surface area contributed by atoms with E-state index >= 15 is 0 Å². The van der Waals surface area contributed by atoms with Crippen molar-refractivity contribution in [3.8, 4) is 5.69 Å². The van der Waals surface area contributed by atoms with Crippen molar-refractivity contribution < 1.29 is 4.79 Å². The van der Waals surface area contributed by atoms with Crippen molar-refractivity contribution in [2.45, 2.75) is 33.6 Å². The number of carbonyl (C=O) groups excluding carboxylic acids is 1. The van der Waals surface area contributed by atoms with Gasteiger partial charge in [-0.05, 0) is 31.0 Å². The van der Waals surface area contributed by atoms with E-state index in [2.05, 4.69) is 26.2 Å². The van der Waals surface area contributed by atoms with Crippen molar-refractivity contribution in [1.82, 2.24) is 15.0 Å². The molecule has 0 aliphatic rings. The number of aromatic nitrogens is 3. The molecule has 0 spiro atoms. The molecule has 19 heavy (non-hydrogen) atoms. The molecule has 2 rings (SSSR count). The van der Waals surface area contributed by atoms with Gasteiger partial charge in [0.15, 0.2) is 11.5 Å². The Balaban J connectivity index is 2.60. The Morgan fingerprint density at radius 1 is 1.37 bits per heavy atom. The fraction of sp³-hybridized carbons (Fsp3) is 0.357. The van der Waals surface area contributed by atoms with E-state index in [-0.39, 0.29) is 5.78 Å². The predicted molar refractivity (Wildman–Crippen MR) is 77.8 cm³/mol. The molecular weight excluding hydrogens is 306 g/mol. The Hall–Kier alpha value is -1.49. The summed E-state index contributed by atoms with van der Waals surface area (Å²) in [6.07, 6.45) is 1.17. The van der Waals surface area contributed by atoms with Crippen LogP contribution < -0.4 is 0 Å². The Morgan fingerprint density at radius 2 is 2.11 bits per heavy atom. The van der Waals surface area contributed by atoms with Crippen molar-refractivity contribution in [2.75, 3.05) is 0 Å². The summed E-state index contributed by atoms with van der Waals surface area (Å²) in [4.78, 5) is 11.9. The van der Waals surface area contributed by atoms with E-state index in [1.165, 1.54) is 0 Å². The van der Waals surface area contributed by atoms with Gasteiger partial charge in [0.1, 0.15) is 0 Å². The first kappa shape index (κ1) is 13.9. The molecule has 0 fully saturated rings. The van der Waals surface area contributed by atoms with Gasteiger partial charge in [-0.3, -0.25) is 4.79 Å². The molecule has 0 unspecified atom stereocenters. The highest BCUT2D eigenvalue weighted by Gasteiger charge is 2.18. The molecule has 0 saturated carbocycles. The monoisotopic (exact) mass is 321 g/mol. The van der Waals surface area contributed by atoms with Gasteiger partial charge in [-0.25, -0.2) is 4.68 Å². The molecule has 0 saturated heterocycles. The largest absolute Gasteiger partial charge is 0.292 e. The molecular formula is C14H16BrN3O.